The van der Waals surface area contributed by atoms with Crippen LogP contribution in [0.15, 0.2) is 48.8 Å². The molecule has 0 saturated heterocycles. The van der Waals surface area contributed by atoms with Crippen molar-refractivity contribution in [3.8, 4) is 0 Å². The normalized spacial score (nSPS) is 11.9. The molecular formula is C25H32N6O4. The van der Waals surface area contributed by atoms with E-state index in [2.05, 4.69) is 26.0 Å². The van der Waals surface area contributed by atoms with Gasteiger partial charge in [0, 0.05) is 43.2 Å². The van der Waals surface area contributed by atoms with Crippen LogP contribution < -0.4 is 16.0 Å². The SMILES string of the molecule is CC(C)CCC(=O)N[C@@H](CNC(=O)c1ccc2c(cnn2CCCNc2ccccn2)c1)C(=O)O. The largest absolute Gasteiger partial charge is 0.480 e. The van der Waals surface area contributed by atoms with E-state index in [1.54, 1.807) is 24.5 Å². The number of benzene rings is 1. The van der Waals surface area contributed by atoms with Gasteiger partial charge in [0.1, 0.15) is 11.9 Å². The first kappa shape index (κ1) is 25.7. The van der Waals surface area contributed by atoms with Gasteiger partial charge in [-0.1, -0.05) is 19.9 Å². The molecule has 0 unspecified atom stereocenters. The second-order valence-corrected chi connectivity index (χ2v) is 8.74. The number of aryl methyl sites for hydroxylation is 1. The van der Waals surface area contributed by atoms with Gasteiger partial charge in [0.05, 0.1) is 11.7 Å². The lowest BCUT2D eigenvalue weighted by atomic mass is 10.1. The highest BCUT2D eigenvalue weighted by atomic mass is 16.4. The molecular weight excluding hydrogens is 448 g/mol. The van der Waals surface area contributed by atoms with Crippen LogP contribution in [0.4, 0.5) is 5.82 Å². The lowest BCUT2D eigenvalue weighted by Gasteiger charge is -2.16. The molecule has 2 heterocycles. The third-order valence-electron chi connectivity index (χ3n) is 5.47. The standard InChI is InChI=1S/C25H32N6O4/c1-17(2)7-10-23(32)30-20(25(34)35)16-28-24(33)18-8-9-21-19(14-18)15-29-31(21)13-5-12-27-22-6-3-4-11-26-22/h3-4,6,8-9,11,14-15,17,20H,5,7,10,12-13,16H2,1-2H3,(H,26,27)(H,28,33)(H,30,32)(H,34,35)/t20-/m0/s1. The highest BCUT2D eigenvalue weighted by Crippen LogP contribution is 2.16. The average Bonchev–Trinajstić information content (AvgIpc) is 3.25. The molecule has 0 saturated carbocycles. The Morgan fingerprint density at radius 1 is 1.14 bits per heavy atom. The van der Waals surface area contributed by atoms with E-state index in [0.717, 1.165) is 29.7 Å². The molecule has 2 amide bonds. The van der Waals surface area contributed by atoms with Gasteiger partial charge < -0.3 is 21.1 Å². The van der Waals surface area contributed by atoms with Crippen molar-refractivity contribution in [2.24, 2.45) is 5.92 Å². The van der Waals surface area contributed by atoms with Gasteiger partial charge in [-0.05, 0) is 49.1 Å². The fourth-order valence-electron chi connectivity index (χ4n) is 3.50. The van der Waals surface area contributed by atoms with Gasteiger partial charge in [-0.2, -0.15) is 5.10 Å². The summed E-state index contributed by atoms with van der Waals surface area (Å²) in [6.45, 7) is 5.22. The number of aromatic nitrogens is 3. The maximum Gasteiger partial charge on any atom is 0.328 e. The van der Waals surface area contributed by atoms with Crippen LogP contribution in [0.1, 0.15) is 43.5 Å². The monoisotopic (exact) mass is 480 g/mol. The third kappa shape index (κ3) is 7.80. The van der Waals surface area contributed by atoms with Gasteiger partial charge in [-0.3, -0.25) is 14.3 Å². The zero-order valence-corrected chi connectivity index (χ0v) is 20.0. The predicted molar refractivity (Wildman–Crippen MR) is 133 cm³/mol. The number of carboxylic acids is 1. The minimum absolute atomic E-state index is 0.206. The van der Waals surface area contributed by atoms with E-state index in [1.165, 1.54) is 0 Å². The van der Waals surface area contributed by atoms with Crippen molar-refractivity contribution in [2.75, 3.05) is 18.4 Å². The number of rotatable bonds is 13. The Balaban J connectivity index is 1.52. The number of pyridine rings is 1. The van der Waals surface area contributed by atoms with E-state index < -0.39 is 17.9 Å². The summed E-state index contributed by atoms with van der Waals surface area (Å²) < 4.78 is 1.88. The van der Waals surface area contributed by atoms with Gasteiger partial charge in [0.25, 0.3) is 5.91 Å². The fourth-order valence-corrected chi connectivity index (χ4v) is 3.50. The van der Waals surface area contributed by atoms with E-state index >= 15 is 0 Å². The summed E-state index contributed by atoms with van der Waals surface area (Å²) in [5.74, 6) is -0.788. The van der Waals surface area contributed by atoms with Crippen LogP contribution in [0.2, 0.25) is 0 Å². The van der Waals surface area contributed by atoms with E-state index in [9.17, 15) is 19.5 Å². The Kier molecular flexibility index (Phi) is 9.16. The molecule has 35 heavy (non-hydrogen) atoms. The van der Waals surface area contributed by atoms with Gasteiger partial charge >= 0.3 is 5.97 Å². The topological polar surface area (TPSA) is 138 Å². The van der Waals surface area contributed by atoms with Crippen molar-refractivity contribution in [3.05, 3.63) is 54.4 Å². The molecule has 1 aromatic carbocycles. The number of amides is 2. The van der Waals surface area contributed by atoms with Gasteiger partial charge in [-0.25, -0.2) is 9.78 Å². The van der Waals surface area contributed by atoms with Crippen LogP contribution in [0.5, 0.6) is 0 Å². The number of hydrogen-bond acceptors (Lipinski definition) is 6. The lowest BCUT2D eigenvalue weighted by molar-refractivity contribution is -0.141. The maximum absolute atomic E-state index is 12.6. The summed E-state index contributed by atoms with van der Waals surface area (Å²) in [4.78, 5) is 40.3. The summed E-state index contributed by atoms with van der Waals surface area (Å²) in [5, 5.41) is 23.0. The minimum atomic E-state index is -1.20. The molecule has 3 aromatic rings. The molecule has 0 spiro atoms. The Morgan fingerprint density at radius 3 is 2.69 bits per heavy atom. The second kappa shape index (κ2) is 12.5. The van der Waals surface area contributed by atoms with Crippen molar-refractivity contribution >= 4 is 34.5 Å². The van der Waals surface area contributed by atoms with Gasteiger partial charge in [-0.15, -0.1) is 0 Å². The van der Waals surface area contributed by atoms with E-state index in [-0.39, 0.29) is 18.9 Å². The molecule has 0 fully saturated rings. The predicted octanol–water partition coefficient (Wildman–Crippen LogP) is 2.67. The van der Waals surface area contributed by atoms with Crippen molar-refractivity contribution in [1.29, 1.82) is 0 Å². The first-order chi connectivity index (χ1) is 16.8. The first-order valence-corrected chi connectivity index (χ1v) is 11.7. The van der Waals surface area contributed by atoms with Crippen LogP contribution >= 0.6 is 0 Å². The second-order valence-electron chi connectivity index (χ2n) is 8.74. The number of nitrogens with zero attached hydrogens (tertiary/aromatic N) is 3. The summed E-state index contributed by atoms with van der Waals surface area (Å²) in [6.07, 6.45) is 5.19. The summed E-state index contributed by atoms with van der Waals surface area (Å²) >= 11 is 0. The summed E-state index contributed by atoms with van der Waals surface area (Å²) in [7, 11) is 0. The Hall–Kier alpha value is -3.95. The molecule has 0 aliphatic carbocycles. The number of carboxylic acid groups (broad SMARTS) is 1. The number of fused-ring (bicyclic) bond motifs is 1. The molecule has 0 radical (unpaired) electrons. The summed E-state index contributed by atoms with van der Waals surface area (Å²) in [5.41, 5.74) is 1.30. The molecule has 3 rings (SSSR count). The van der Waals surface area contributed by atoms with E-state index in [0.29, 0.717) is 24.4 Å². The molecule has 186 valence electrons. The van der Waals surface area contributed by atoms with Crippen LogP contribution in [-0.4, -0.2) is 56.8 Å². The van der Waals surface area contributed by atoms with Crippen molar-refractivity contribution in [1.82, 2.24) is 25.4 Å². The van der Waals surface area contributed by atoms with Gasteiger partial charge in [0.15, 0.2) is 0 Å². The zero-order chi connectivity index (χ0) is 25.2. The van der Waals surface area contributed by atoms with Crippen LogP contribution in [0, 0.1) is 5.92 Å². The van der Waals surface area contributed by atoms with Crippen LogP contribution in [0.25, 0.3) is 10.9 Å². The lowest BCUT2D eigenvalue weighted by Crippen LogP contribution is -2.48. The zero-order valence-electron chi connectivity index (χ0n) is 20.0. The average molecular weight is 481 g/mol. The molecule has 10 nitrogen and oxygen atoms in total. The molecule has 4 N–H and O–H groups in total. The highest BCUT2D eigenvalue weighted by molar-refractivity contribution is 5.98. The number of aliphatic carboxylic acids is 1. The Morgan fingerprint density at radius 2 is 1.97 bits per heavy atom. The Labute approximate surface area is 204 Å². The number of hydrogen-bond donors (Lipinski definition) is 4. The summed E-state index contributed by atoms with van der Waals surface area (Å²) in [6, 6.07) is 9.74. The molecule has 0 aliphatic rings. The first-order valence-electron chi connectivity index (χ1n) is 11.7. The highest BCUT2D eigenvalue weighted by Gasteiger charge is 2.21. The molecule has 0 bridgehead atoms. The van der Waals surface area contributed by atoms with Gasteiger partial charge in [0.2, 0.25) is 5.91 Å². The number of carbonyl (C=O) groups is 3. The van der Waals surface area contributed by atoms with Crippen LogP contribution in [0.3, 0.4) is 0 Å². The number of nitrogens with one attached hydrogen (secondary N) is 3. The quantitative estimate of drug-likeness (QED) is 0.276. The molecule has 2 aromatic heterocycles. The number of anilines is 1. The molecule has 1 atom stereocenters. The Bertz CT molecular complexity index is 1150. The minimum Gasteiger partial charge on any atom is -0.480 e. The van der Waals surface area contributed by atoms with Crippen LogP contribution in [-0.2, 0) is 16.1 Å². The van der Waals surface area contributed by atoms with Crippen molar-refractivity contribution in [2.45, 2.75) is 45.7 Å². The smallest absolute Gasteiger partial charge is 0.328 e. The van der Waals surface area contributed by atoms with E-state index in [4.69, 9.17) is 0 Å². The van der Waals surface area contributed by atoms with Crippen molar-refractivity contribution in [3.63, 3.8) is 0 Å². The third-order valence-corrected chi connectivity index (χ3v) is 5.47. The number of carbonyl (C=O) groups excluding carboxylic acids is 2. The fraction of sp³-hybridized carbons (Fsp3) is 0.400. The molecule has 10 heteroatoms. The maximum atomic E-state index is 12.6. The molecule has 0 aliphatic heterocycles. The van der Waals surface area contributed by atoms with E-state index in [1.807, 2.05) is 42.8 Å². The van der Waals surface area contributed by atoms with Crippen molar-refractivity contribution < 1.29 is 19.5 Å².